The van der Waals surface area contributed by atoms with Gasteiger partial charge < -0.3 is 73.9 Å². The third-order valence-corrected chi connectivity index (χ3v) is 16.0. The van der Waals surface area contributed by atoms with Crippen LogP contribution >= 0.6 is 0 Å². The number of likely N-dealkylation sites (N-methyl/N-ethyl adjacent to an activating group) is 2. The van der Waals surface area contributed by atoms with E-state index in [1.165, 1.54) is 25.0 Å². The molecular formula is C51H84F2N6O14. The summed E-state index contributed by atoms with van der Waals surface area (Å²) in [6, 6.07) is 2.16. The number of methoxy groups -OCH3 is 1. The summed E-state index contributed by atoms with van der Waals surface area (Å²) in [5.41, 5.74) is 2.59. The van der Waals surface area contributed by atoms with Crippen LogP contribution in [0.3, 0.4) is 0 Å². The highest BCUT2D eigenvalue weighted by atomic mass is 19.2. The van der Waals surface area contributed by atoms with Crippen LogP contribution in [0.2, 0.25) is 0 Å². The van der Waals surface area contributed by atoms with Crippen molar-refractivity contribution in [3.05, 3.63) is 41.7 Å². The Balaban J connectivity index is 1.22. The SMILES string of the molecule is CC[C@H]1OC(=O)[C@H](C)[C@@H](O[C@H]2C[C@@](C)(OC)[C@@H](O)[C@H](C)O2)[C@H](C)[C@@H](O[C@@H]2O[C@H](C)C[C@H](N(C)CCC3=CN(C[C@H]4CN(c5ccc(F)c(F)c5)C(=O)O4)NN3)[C@H]2O)[C@](C)(O)C[C@@H](C)CN(C)[C@H](C)[C@@H](O)[C@]1(C)O. The lowest BCUT2D eigenvalue weighted by Crippen LogP contribution is -2.61. The lowest BCUT2D eigenvalue weighted by atomic mass is 9.77. The van der Waals surface area contributed by atoms with Gasteiger partial charge in [0.05, 0.1) is 60.3 Å². The van der Waals surface area contributed by atoms with Crippen LogP contribution in [0.25, 0.3) is 0 Å². The molecule has 1 amide bonds. The van der Waals surface area contributed by atoms with E-state index in [9.17, 15) is 43.9 Å². The third-order valence-electron chi connectivity index (χ3n) is 16.0. The van der Waals surface area contributed by atoms with E-state index in [2.05, 4.69) is 11.0 Å². The first kappa shape index (κ1) is 58.9. The third kappa shape index (κ3) is 13.4. The number of hydrazine groups is 2. The van der Waals surface area contributed by atoms with E-state index in [0.717, 1.165) is 17.8 Å². The molecule has 20 nitrogen and oxygen atoms in total. The number of anilines is 1. The van der Waals surface area contributed by atoms with Crippen LogP contribution in [0.5, 0.6) is 0 Å². The van der Waals surface area contributed by atoms with E-state index >= 15 is 0 Å². The monoisotopic (exact) mass is 1040 g/mol. The van der Waals surface area contributed by atoms with Crippen molar-refractivity contribution < 1.29 is 77.1 Å². The van der Waals surface area contributed by atoms with Gasteiger partial charge >= 0.3 is 12.1 Å². The summed E-state index contributed by atoms with van der Waals surface area (Å²) >= 11 is 0. The van der Waals surface area contributed by atoms with E-state index in [0.29, 0.717) is 25.9 Å². The van der Waals surface area contributed by atoms with Gasteiger partial charge in [-0.3, -0.25) is 14.7 Å². The predicted octanol–water partition coefficient (Wildman–Crippen LogP) is 3.13. The summed E-state index contributed by atoms with van der Waals surface area (Å²) in [5.74, 6) is -4.97. The highest BCUT2D eigenvalue weighted by Crippen LogP contribution is 2.40. The van der Waals surface area contributed by atoms with Crippen molar-refractivity contribution >= 4 is 17.7 Å². The molecule has 1 aromatic carbocycles. The van der Waals surface area contributed by atoms with Crippen molar-refractivity contribution in [1.29, 1.82) is 0 Å². The number of benzene rings is 1. The zero-order valence-corrected chi connectivity index (χ0v) is 44.9. The Morgan fingerprint density at radius 1 is 0.932 bits per heavy atom. The van der Waals surface area contributed by atoms with E-state index in [4.69, 9.17) is 33.2 Å². The largest absolute Gasteiger partial charge is 0.459 e. The molecule has 0 bridgehead atoms. The number of nitrogens with one attached hydrogen (secondary N) is 2. The van der Waals surface area contributed by atoms with Crippen molar-refractivity contribution in [2.45, 2.75) is 198 Å². The Morgan fingerprint density at radius 2 is 1.63 bits per heavy atom. The molecule has 7 N–H and O–H groups in total. The Bertz CT molecular complexity index is 2060. The first-order valence-corrected chi connectivity index (χ1v) is 25.8. The molecule has 0 saturated carbocycles. The van der Waals surface area contributed by atoms with Crippen LogP contribution in [0.1, 0.15) is 101 Å². The Hall–Kier alpha value is -3.36. The molecule has 416 valence electrons. The van der Waals surface area contributed by atoms with Crippen LogP contribution in [0.15, 0.2) is 30.1 Å². The number of hydrogen-bond donors (Lipinski definition) is 7. The summed E-state index contributed by atoms with van der Waals surface area (Å²) < 4.78 is 71.2. The van der Waals surface area contributed by atoms with Gasteiger partial charge in [0.25, 0.3) is 0 Å². The van der Waals surface area contributed by atoms with Crippen molar-refractivity contribution in [3.8, 4) is 0 Å². The smallest absolute Gasteiger partial charge is 0.414 e. The maximum absolute atomic E-state index is 14.5. The Morgan fingerprint density at radius 3 is 2.29 bits per heavy atom. The molecular weight excluding hydrogens is 959 g/mol. The molecule has 4 saturated heterocycles. The van der Waals surface area contributed by atoms with Gasteiger partial charge in [-0.05, 0) is 99.9 Å². The van der Waals surface area contributed by atoms with Crippen molar-refractivity contribution in [3.63, 3.8) is 0 Å². The molecule has 0 unspecified atom stereocenters. The van der Waals surface area contributed by atoms with Crippen molar-refractivity contribution in [1.82, 2.24) is 25.8 Å². The van der Waals surface area contributed by atoms with Gasteiger partial charge in [-0.2, -0.15) is 0 Å². The minimum atomic E-state index is -1.86. The fourth-order valence-electron chi connectivity index (χ4n) is 11.4. The molecule has 5 aliphatic rings. The number of carbonyl (C=O) groups is 2. The maximum Gasteiger partial charge on any atom is 0.414 e. The number of carbonyl (C=O) groups excluding carboxylic acids is 2. The molecule has 1 aromatic rings. The molecule has 5 aliphatic heterocycles. The first-order valence-electron chi connectivity index (χ1n) is 25.8. The summed E-state index contributed by atoms with van der Waals surface area (Å²) in [5, 5.41) is 61.4. The minimum absolute atomic E-state index is 0.0783. The van der Waals surface area contributed by atoms with Crippen LogP contribution in [0.4, 0.5) is 19.3 Å². The summed E-state index contributed by atoms with van der Waals surface area (Å²) in [6.45, 7) is 18.6. The molecule has 0 spiro atoms. The molecule has 4 fully saturated rings. The van der Waals surface area contributed by atoms with Gasteiger partial charge in [0.15, 0.2) is 24.2 Å². The van der Waals surface area contributed by atoms with Crippen molar-refractivity contribution in [2.75, 3.05) is 52.3 Å². The second kappa shape index (κ2) is 23.9. The topological polar surface area (TPSA) is 237 Å². The highest BCUT2D eigenvalue weighted by molar-refractivity contribution is 5.89. The number of ether oxygens (including phenoxy) is 7. The summed E-state index contributed by atoms with van der Waals surface area (Å²) in [7, 11) is 5.20. The predicted molar refractivity (Wildman–Crippen MR) is 263 cm³/mol. The van der Waals surface area contributed by atoms with Crippen molar-refractivity contribution in [2.24, 2.45) is 17.8 Å². The number of rotatable bonds is 13. The van der Waals surface area contributed by atoms with Crippen LogP contribution in [0, 0.1) is 29.4 Å². The average molecular weight is 1040 g/mol. The molecule has 22 heteroatoms. The van der Waals surface area contributed by atoms with E-state index in [1.807, 2.05) is 43.9 Å². The summed E-state index contributed by atoms with van der Waals surface area (Å²) in [6.07, 6.45) is -8.38. The van der Waals surface area contributed by atoms with Crippen LogP contribution in [-0.2, 0) is 38.0 Å². The lowest BCUT2D eigenvalue weighted by molar-refractivity contribution is -0.318. The highest BCUT2D eigenvalue weighted by Gasteiger charge is 2.53. The van der Waals surface area contributed by atoms with Crippen LogP contribution in [-0.4, -0.2) is 196 Å². The number of amides is 1. The quantitative estimate of drug-likeness (QED) is 0.141. The van der Waals surface area contributed by atoms with E-state index in [-0.39, 0.29) is 44.0 Å². The minimum Gasteiger partial charge on any atom is -0.459 e. The number of halogens is 2. The summed E-state index contributed by atoms with van der Waals surface area (Å²) in [4.78, 5) is 32.3. The number of nitrogens with zero attached hydrogens (tertiary/aromatic N) is 4. The zero-order valence-electron chi connectivity index (χ0n) is 44.9. The molecule has 0 radical (unpaired) electrons. The van der Waals surface area contributed by atoms with Gasteiger partial charge in [-0.25, -0.2) is 13.6 Å². The molecule has 6 rings (SSSR count). The fraction of sp³-hybridized carbons (Fsp3) is 0.804. The molecule has 0 aliphatic carbocycles. The number of aliphatic hydroxyl groups is 5. The van der Waals surface area contributed by atoms with Crippen LogP contribution < -0.4 is 15.9 Å². The molecule has 0 aromatic heterocycles. The first-order chi connectivity index (χ1) is 34.1. The van der Waals surface area contributed by atoms with E-state index < -0.39 is 132 Å². The lowest BCUT2D eigenvalue weighted by Gasteiger charge is -2.49. The normalized spacial score (nSPS) is 41.7. The van der Waals surface area contributed by atoms with Gasteiger partial charge in [-0.15, -0.1) is 5.53 Å². The molecule has 5 heterocycles. The number of esters is 1. The molecule has 19 atom stereocenters. The zero-order chi connectivity index (χ0) is 54.1. The second-order valence-corrected chi connectivity index (χ2v) is 22.2. The maximum atomic E-state index is 14.5. The van der Waals surface area contributed by atoms with Gasteiger partial charge in [-0.1, -0.05) is 20.8 Å². The van der Waals surface area contributed by atoms with Gasteiger partial charge in [0.1, 0.15) is 36.1 Å². The standard InChI is InChI=1S/C51H84F2N6O14/c1-14-39-51(10,66)43(61)31(6)57(12)23-27(2)21-49(8,65)45(29(4)42(30(5)46(63)71-39)72-40-22-50(9,67-13)44(62)32(7)69-40)73-47-41(60)38(19-28(3)68-47)56(11)18-17-33-24-58(55-54-33)25-35-26-59(48(64)70-35)34-15-16-36(52)37(53)20-34/h15-16,20,24,27-32,35,38-45,47,54-55,60-62,65-66H,14,17-19,21-23,25-26H2,1-13H3/t27-,28-,29+,30-,31-,32+,35+,38+,39-,40+,41-,42+,43-,44+,45-,47+,49-,50-,51-/m1/s1. The van der Waals surface area contributed by atoms with Gasteiger partial charge in [0.2, 0.25) is 0 Å². The average Bonchev–Trinajstić information content (AvgIpc) is 3.94. The molecule has 73 heavy (non-hydrogen) atoms. The van der Waals surface area contributed by atoms with E-state index in [1.54, 1.807) is 53.5 Å². The Labute approximate surface area is 429 Å². The number of hydrogen-bond acceptors (Lipinski definition) is 19. The van der Waals surface area contributed by atoms with Gasteiger partial charge in [0, 0.05) is 69.0 Å². The fourth-order valence-corrected chi connectivity index (χ4v) is 11.4. The Kier molecular flexibility index (Phi) is 19.3. The number of cyclic esters (lactones) is 2. The number of aliphatic hydroxyl groups excluding tert-OH is 3. The second-order valence-electron chi connectivity index (χ2n) is 22.2.